The second-order valence-electron chi connectivity index (χ2n) is 18.7. The molecule has 0 saturated carbocycles. The van der Waals surface area contributed by atoms with Gasteiger partial charge in [0.15, 0.2) is 18.2 Å². The molecule has 5 aliphatic rings. The molecule has 4 amide bonds. The molecule has 0 radical (unpaired) electrons. The molecule has 350 valence electrons. The van der Waals surface area contributed by atoms with Crippen molar-refractivity contribution < 1.29 is 32.7 Å². The fourth-order valence-corrected chi connectivity index (χ4v) is 10.6. The van der Waals surface area contributed by atoms with Crippen molar-refractivity contribution in [2.45, 2.75) is 89.5 Å². The quantitative estimate of drug-likeness (QED) is 0.162. The lowest BCUT2D eigenvalue weighted by atomic mass is 9.71. The van der Waals surface area contributed by atoms with Crippen molar-refractivity contribution in [3.63, 3.8) is 0 Å². The summed E-state index contributed by atoms with van der Waals surface area (Å²) in [6, 6.07) is 9.18. The lowest BCUT2D eigenvalue weighted by Gasteiger charge is -2.48. The lowest BCUT2D eigenvalue weighted by Crippen LogP contribution is -2.53. The zero-order valence-electron chi connectivity index (χ0n) is 37.4. The van der Waals surface area contributed by atoms with Gasteiger partial charge in [-0.3, -0.25) is 29.3 Å². The number of hydrogen-bond donors (Lipinski definition) is 3. The smallest absolute Gasteiger partial charge is 0.293 e. The van der Waals surface area contributed by atoms with Gasteiger partial charge in [0.25, 0.3) is 17.4 Å². The van der Waals surface area contributed by atoms with E-state index < -0.39 is 29.3 Å². The second-order valence-corrected chi connectivity index (χ2v) is 19.1. The number of likely N-dealkylation sites (N-methyl/N-ethyl adjacent to an activating group) is 1. The number of hydrogen-bond acceptors (Lipinski definition) is 12. The molecule has 2 aromatic carbocycles. The van der Waals surface area contributed by atoms with E-state index in [1.54, 1.807) is 27.8 Å². The zero-order chi connectivity index (χ0) is 46.5. The van der Waals surface area contributed by atoms with Gasteiger partial charge in [-0.25, -0.2) is 13.8 Å². The standard InChI is InChI=1S/C47H55ClF2N10O6/c1-28(2)60-34-7-5-31(22-30(34)23-36(43(60)64)66-26-38(62)51-3)53-41-32(48)24-52-45(55-41)58-18-12-46(13-19-58)10-16-56(17-11-46)27-47(50)14-20-57(21-15-47)40-33(49)6-4-29-25-59(44(65)39(29)40)35-8-9-37(61)54-42(35)63/h4-7,22-24,28,35H,8-21,25-27H2,1-3H3,(H,51,62)(H,52,53,55)(H,54,61,63). The number of carbonyl (C=O) groups is 4. The Balaban J connectivity index is 0.786. The minimum Gasteiger partial charge on any atom is -0.478 e. The van der Waals surface area contributed by atoms with E-state index in [-0.39, 0.29) is 97.8 Å². The number of aromatic nitrogens is 3. The Labute approximate surface area is 386 Å². The minimum atomic E-state index is -1.45. The molecule has 1 atom stereocenters. The van der Waals surface area contributed by atoms with E-state index >= 15 is 8.78 Å². The average molecular weight is 929 g/mol. The normalized spacial score (nSPS) is 20.8. The van der Waals surface area contributed by atoms with E-state index in [0.29, 0.717) is 40.1 Å². The summed E-state index contributed by atoms with van der Waals surface area (Å²) in [5.41, 5.74) is 0.786. The van der Waals surface area contributed by atoms with Gasteiger partial charge in [-0.05, 0) is 100 Å². The molecule has 7 heterocycles. The third-order valence-electron chi connectivity index (χ3n) is 14.3. The fourth-order valence-electron chi connectivity index (χ4n) is 10.4. The van der Waals surface area contributed by atoms with Crippen molar-refractivity contribution in [2.75, 3.05) is 74.6 Å². The summed E-state index contributed by atoms with van der Waals surface area (Å²) in [5.74, 6) is -1.15. The van der Waals surface area contributed by atoms with Crippen molar-refractivity contribution in [3.05, 3.63) is 74.9 Å². The molecule has 1 unspecified atom stereocenters. The van der Waals surface area contributed by atoms with Gasteiger partial charge in [-0.15, -0.1) is 0 Å². The van der Waals surface area contributed by atoms with Gasteiger partial charge < -0.3 is 39.5 Å². The van der Waals surface area contributed by atoms with Gasteiger partial charge in [-0.2, -0.15) is 4.98 Å². The summed E-state index contributed by atoms with van der Waals surface area (Å²) in [6.45, 7) is 7.61. The van der Waals surface area contributed by atoms with Gasteiger partial charge in [0.2, 0.25) is 17.8 Å². The first-order chi connectivity index (χ1) is 31.6. The number of imide groups is 1. The van der Waals surface area contributed by atoms with E-state index in [1.807, 2.05) is 32.0 Å². The molecule has 1 spiro atoms. The van der Waals surface area contributed by atoms with Gasteiger partial charge in [-0.1, -0.05) is 17.7 Å². The number of benzene rings is 2. The van der Waals surface area contributed by atoms with Crippen LogP contribution in [-0.4, -0.2) is 119 Å². The molecule has 0 bridgehead atoms. The van der Waals surface area contributed by atoms with Crippen molar-refractivity contribution in [2.24, 2.45) is 5.41 Å². The molecule has 3 N–H and O–H groups in total. The number of pyridine rings is 1. The van der Waals surface area contributed by atoms with Crippen LogP contribution >= 0.6 is 11.6 Å². The molecule has 0 aliphatic carbocycles. The summed E-state index contributed by atoms with van der Waals surface area (Å²) in [5, 5.41) is 9.21. The lowest BCUT2D eigenvalue weighted by molar-refractivity contribution is -0.137. The molecule has 16 nitrogen and oxygen atoms in total. The maximum atomic E-state index is 16.6. The molecular weight excluding hydrogens is 874 g/mol. The maximum absolute atomic E-state index is 16.6. The summed E-state index contributed by atoms with van der Waals surface area (Å²) >= 11 is 6.62. The summed E-state index contributed by atoms with van der Waals surface area (Å²) < 4.78 is 39.4. The number of alkyl halides is 1. The van der Waals surface area contributed by atoms with Gasteiger partial charge in [0.05, 0.1) is 23.0 Å². The Kier molecular flexibility index (Phi) is 12.4. The third-order valence-corrected chi connectivity index (χ3v) is 14.6. The van der Waals surface area contributed by atoms with Crippen molar-refractivity contribution in [3.8, 4) is 5.75 Å². The average Bonchev–Trinajstić information content (AvgIpc) is 3.63. The number of piperidine rings is 4. The first kappa shape index (κ1) is 45.3. The zero-order valence-corrected chi connectivity index (χ0v) is 38.2. The predicted molar refractivity (Wildman–Crippen MR) is 246 cm³/mol. The number of nitrogens with zero attached hydrogens (tertiary/aromatic N) is 7. The minimum absolute atomic E-state index is 0.0747. The first-order valence-corrected chi connectivity index (χ1v) is 23.2. The fraction of sp³-hybridized carbons (Fsp3) is 0.511. The Morgan fingerprint density at radius 3 is 2.38 bits per heavy atom. The summed E-state index contributed by atoms with van der Waals surface area (Å²) in [6.07, 6.45) is 6.15. The van der Waals surface area contributed by atoms with E-state index in [9.17, 15) is 24.0 Å². The molecular formula is C47H55ClF2N10O6. The van der Waals surface area contributed by atoms with Crippen LogP contribution in [0.4, 0.5) is 31.9 Å². The van der Waals surface area contributed by atoms with Crippen LogP contribution in [0.1, 0.15) is 87.2 Å². The highest BCUT2D eigenvalue weighted by atomic mass is 35.5. The third kappa shape index (κ3) is 8.88. The number of nitrogens with one attached hydrogen (secondary N) is 3. The van der Waals surface area contributed by atoms with Crippen LogP contribution in [0, 0.1) is 11.2 Å². The van der Waals surface area contributed by atoms with Crippen molar-refractivity contribution >= 4 is 69.3 Å². The number of fused-ring (bicyclic) bond motifs is 2. The van der Waals surface area contributed by atoms with Crippen LogP contribution in [0.3, 0.4) is 0 Å². The molecule has 2 aromatic heterocycles. The SMILES string of the molecule is CNC(=O)COc1cc2cc(Nc3nc(N4CCC5(CCN(CC6(F)CCN(c7c(F)ccc8c7C(=O)N(C7CCC(=O)NC7=O)C8)CC6)CC5)CC4)ncc3Cl)ccc2n(C(C)C)c1=O. The number of carbonyl (C=O) groups excluding carboxylic acids is 4. The summed E-state index contributed by atoms with van der Waals surface area (Å²) in [7, 11) is 1.50. The number of ether oxygens (including phenoxy) is 1. The molecule has 5 aliphatic heterocycles. The van der Waals surface area contributed by atoms with Gasteiger partial charge >= 0.3 is 0 Å². The molecule has 19 heteroatoms. The highest BCUT2D eigenvalue weighted by Crippen LogP contribution is 2.44. The Hall–Kier alpha value is -5.88. The number of halogens is 3. The van der Waals surface area contributed by atoms with Crippen LogP contribution < -0.4 is 36.0 Å². The van der Waals surface area contributed by atoms with Gasteiger partial charge in [0, 0.05) is 82.7 Å². The molecule has 66 heavy (non-hydrogen) atoms. The molecule has 4 aromatic rings. The summed E-state index contributed by atoms with van der Waals surface area (Å²) in [4.78, 5) is 80.2. The van der Waals surface area contributed by atoms with E-state index in [0.717, 1.165) is 57.2 Å². The van der Waals surface area contributed by atoms with Crippen LogP contribution in [0.25, 0.3) is 10.9 Å². The number of rotatable bonds is 11. The van der Waals surface area contributed by atoms with Crippen LogP contribution in [0.15, 0.2) is 47.4 Å². The van der Waals surface area contributed by atoms with E-state index in [1.165, 1.54) is 18.0 Å². The number of amides is 4. The first-order valence-electron chi connectivity index (χ1n) is 22.8. The van der Waals surface area contributed by atoms with Gasteiger partial charge in [0.1, 0.15) is 22.6 Å². The second kappa shape index (κ2) is 18.1. The number of anilines is 4. The maximum Gasteiger partial charge on any atom is 0.293 e. The van der Waals surface area contributed by atoms with Crippen LogP contribution in [0.2, 0.25) is 5.02 Å². The Morgan fingerprint density at radius 1 is 0.970 bits per heavy atom. The highest BCUT2D eigenvalue weighted by Gasteiger charge is 2.45. The highest BCUT2D eigenvalue weighted by molar-refractivity contribution is 6.33. The van der Waals surface area contributed by atoms with Crippen molar-refractivity contribution in [1.29, 1.82) is 0 Å². The molecule has 4 saturated heterocycles. The van der Waals surface area contributed by atoms with E-state index in [4.69, 9.17) is 21.3 Å². The molecule has 4 fully saturated rings. The largest absolute Gasteiger partial charge is 0.478 e. The van der Waals surface area contributed by atoms with Crippen LogP contribution in [-0.2, 0) is 20.9 Å². The Bertz CT molecular complexity index is 2640. The number of likely N-dealkylation sites (tertiary alicyclic amines) is 1. The Morgan fingerprint density at radius 2 is 1.68 bits per heavy atom. The molecule has 9 rings (SSSR count). The predicted octanol–water partition coefficient (Wildman–Crippen LogP) is 5.49. The van der Waals surface area contributed by atoms with E-state index in [2.05, 4.69) is 30.7 Å². The topological polar surface area (TPSA) is 174 Å². The monoisotopic (exact) mass is 928 g/mol. The van der Waals surface area contributed by atoms with Crippen molar-refractivity contribution in [1.82, 2.24) is 35.0 Å². The van der Waals surface area contributed by atoms with Crippen LogP contribution in [0.5, 0.6) is 5.75 Å².